The van der Waals surface area contributed by atoms with Gasteiger partial charge >= 0.3 is 0 Å². The topological polar surface area (TPSA) is 17.1 Å². The van der Waals surface area contributed by atoms with E-state index in [0.29, 0.717) is 5.78 Å². The average molecular weight is 843 g/mol. The zero-order valence-corrected chi connectivity index (χ0v) is 42.1. The van der Waals surface area contributed by atoms with Gasteiger partial charge in [-0.15, -0.1) is 0 Å². The second kappa shape index (κ2) is 22.7. The maximum absolute atomic E-state index is 16.1. The molecule has 344 valence electrons. The lowest BCUT2D eigenvalue weighted by molar-refractivity contribution is -0.148. The van der Waals surface area contributed by atoms with Crippen molar-refractivity contribution in [2.24, 2.45) is 58.2 Å². The maximum Gasteiger partial charge on any atom is 0.147 e. The van der Waals surface area contributed by atoms with Gasteiger partial charge in [0, 0.05) is 11.8 Å². The van der Waals surface area contributed by atoms with Crippen LogP contribution in [-0.4, -0.2) is 5.78 Å². The summed E-state index contributed by atoms with van der Waals surface area (Å²) in [6.45, 7) is 22.8. The molecule has 1 nitrogen and oxygen atoms in total. The average Bonchev–Trinajstić information content (AvgIpc) is 3.17. The van der Waals surface area contributed by atoms with Crippen molar-refractivity contribution in [3.05, 3.63) is 93.2 Å². The Kier molecular flexibility index (Phi) is 17.9. The van der Waals surface area contributed by atoms with Gasteiger partial charge in [0.25, 0.3) is 0 Å². The van der Waals surface area contributed by atoms with E-state index in [1.165, 1.54) is 134 Å². The summed E-state index contributed by atoms with van der Waals surface area (Å²) in [6, 6.07) is 0. The van der Waals surface area contributed by atoms with Gasteiger partial charge in [0.2, 0.25) is 0 Å². The predicted octanol–water partition coefficient (Wildman–Crippen LogP) is 18.5. The van der Waals surface area contributed by atoms with Crippen LogP contribution in [0.4, 0.5) is 0 Å². The lowest BCUT2D eigenvalue weighted by Crippen LogP contribution is -2.55. The molecule has 0 aromatic carbocycles. The van der Waals surface area contributed by atoms with Crippen molar-refractivity contribution in [3.8, 4) is 0 Å². The van der Waals surface area contributed by atoms with Gasteiger partial charge in [-0.1, -0.05) is 93.2 Å². The van der Waals surface area contributed by atoms with Crippen LogP contribution >= 0.6 is 0 Å². The van der Waals surface area contributed by atoms with Gasteiger partial charge in [-0.2, -0.15) is 0 Å². The standard InChI is InChI=1S/C61H94O/c1-43(2)17-11-19-45(5)21-13-23-47(7)25-15-27-49(9)29-57(60-37-51-31-52(38-60)33-53(32-51)39-60)59(62)58(61-40-54-34-55(41-61)36-56(35-54)42-61)30-50(10)28-16-26-48(8)24-14-22-46(6)20-12-18-44(3)4/h17-18,21-22,25-26,29-30,51-58H,11-16,19-20,23-24,27-28,31-42H2,1-10H3/b45-21+,46-22+,47-25+,48-26+,49-29+,50-30+. The molecule has 8 rings (SSSR count). The summed E-state index contributed by atoms with van der Waals surface area (Å²) < 4.78 is 0. The first-order valence-electron chi connectivity index (χ1n) is 26.4. The highest BCUT2D eigenvalue weighted by Crippen LogP contribution is 2.67. The van der Waals surface area contributed by atoms with Gasteiger partial charge in [-0.05, 0) is 270 Å². The summed E-state index contributed by atoms with van der Waals surface area (Å²) in [5, 5.41) is 0. The summed E-state index contributed by atoms with van der Waals surface area (Å²) in [5.74, 6) is 5.96. The van der Waals surface area contributed by atoms with Crippen LogP contribution in [0.5, 0.6) is 0 Å². The molecule has 0 aromatic heterocycles. The molecule has 2 unspecified atom stereocenters. The minimum Gasteiger partial charge on any atom is -0.298 e. The van der Waals surface area contributed by atoms with Crippen molar-refractivity contribution in [2.75, 3.05) is 0 Å². The number of rotatable bonds is 24. The van der Waals surface area contributed by atoms with E-state index in [1.807, 2.05) is 0 Å². The highest BCUT2D eigenvalue weighted by molar-refractivity contribution is 5.88. The Bertz CT molecular complexity index is 1570. The number of hydrogen-bond donors (Lipinski definition) is 0. The zero-order chi connectivity index (χ0) is 44.4. The molecule has 0 heterocycles. The molecule has 1 heteroatoms. The van der Waals surface area contributed by atoms with Gasteiger partial charge in [-0.3, -0.25) is 4.79 Å². The summed E-state index contributed by atoms with van der Waals surface area (Å²) in [6.07, 6.45) is 50.0. The molecule has 62 heavy (non-hydrogen) atoms. The molecule has 8 aliphatic carbocycles. The van der Waals surface area contributed by atoms with E-state index in [-0.39, 0.29) is 22.7 Å². The molecule has 0 N–H and O–H groups in total. The van der Waals surface area contributed by atoms with Gasteiger partial charge in [0.15, 0.2) is 0 Å². The van der Waals surface area contributed by atoms with Crippen molar-refractivity contribution in [2.45, 2.75) is 223 Å². The van der Waals surface area contributed by atoms with Crippen LogP contribution in [0.25, 0.3) is 0 Å². The molecule has 8 aliphatic rings. The predicted molar refractivity (Wildman–Crippen MR) is 270 cm³/mol. The summed E-state index contributed by atoms with van der Waals surface area (Å²) in [4.78, 5) is 16.1. The summed E-state index contributed by atoms with van der Waals surface area (Å²) >= 11 is 0. The van der Waals surface area contributed by atoms with Crippen molar-refractivity contribution in [1.29, 1.82) is 0 Å². The van der Waals surface area contributed by atoms with E-state index in [4.69, 9.17) is 0 Å². The minimum absolute atomic E-state index is 0.0863. The highest BCUT2D eigenvalue weighted by Gasteiger charge is 2.60. The molecule has 0 amide bonds. The third kappa shape index (κ3) is 13.8. The first-order valence-corrected chi connectivity index (χ1v) is 26.4. The molecule has 8 fully saturated rings. The molecule has 8 bridgehead atoms. The molecular formula is C61H94O. The maximum atomic E-state index is 16.1. The Labute approximate surface area is 383 Å². The van der Waals surface area contributed by atoms with Crippen LogP contribution in [0.1, 0.15) is 223 Å². The van der Waals surface area contributed by atoms with E-state index in [1.54, 1.807) is 0 Å². The minimum atomic E-state index is 0.0863. The number of carbonyl (C=O) groups is 1. The normalized spacial score (nSPS) is 32.0. The van der Waals surface area contributed by atoms with Crippen LogP contribution in [0.15, 0.2) is 93.2 Å². The molecule has 2 atom stereocenters. The van der Waals surface area contributed by atoms with Crippen LogP contribution in [0.2, 0.25) is 0 Å². The van der Waals surface area contributed by atoms with E-state index in [2.05, 4.69) is 118 Å². The first kappa shape index (κ1) is 49.0. The Morgan fingerprint density at radius 2 is 0.597 bits per heavy atom. The van der Waals surface area contributed by atoms with Crippen molar-refractivity contribution in [3.63, 3.8) is 0 Å². The van der Waals surface area contributed by atoms with Crippen LogP contribution < -0.4 is 0 Å². The molecule has 0 radical (unpaired) electrons. The Hall–Kier alpha value is -2.41. The van der Waals surface area contributed by atoms with Crippen molar-refractivity contribution >= 4 is 5.78 Å². The molecule has 0 aliphatic heterocycles. The van der Waals surface area contributed by atoms with Crippen LogP contribution in [0.3, 0.4) is 0 Å². The number of Topliss-reactive ketones (excluding diaryl/α,β-unsaturated/α-hetero) is 1. The van der Waals surface area contributed by atoms with Gasteiger partial charge in [-0.25, -0.2) is 0 Å². The lowest BCUT2D eigenvalue weighted by Gasteiger charge is -2.61. The number of allylic oxidation sites excluding steroid dienone is 16. The Morgan fingerprint density at radius 3 is 0.839 bits per heavy atom. The Morgan fingerprint density at radius 1 is 0.371 bits per heavy atom. The van der Waals surface area contributed by atoms with E-state index < -0.39 is 0 Å². The fourth-order valence-electron chi connectivity index (χ4n) is 14.9. The fourth-order valence-corrected chi connectivity index (χ4v) is 14.9. The molecular weight excluding hydrogens is 749 g/mol. The van der Waals surface area contributed by atoms with Crippen LogP contribution in [0, 0.1) is 58.2 Å². The second-order valence-corrected chi connectivity index (χ2v) is 23.9. The first-order chi connectivity index (χ1) is 29.6. The Balaban J connectivity index is 1.18. The summed E-state index contributed by atoms with van der Waals surface area (Å²) in [5.41, 5.74) is 12.2. The fraction of sp³-hybridized carbons (Fsp3) is 0.721. The van der Waals surface area contributed by atoms with Gasteiger partial charge in [0.05, 0.1) is 0 Å². The van der Waals surface area contributed by atoms with Gasteiger partial charge in [0.1, 0.15) is 5.78 Å². The lowest BCUT2D eigenvalue weighted by atomic mass is 9.43. The highest BCUT2D eigenvalue weighted by atomic mass is 16.1. The monoisotopic (exact) mass is 843 g/mol. The molecule has 8 saturated carbocycles. The third-order valence-corrected chi connectivity index (χ3v) is 17.3. The third-order valence-electron chi connectivity index (χ3n) is 17.3. The number of carbonyl (C=O) groups excluding carboxylic acids is 1. The van der Waals surface area contributed by atoms with E-state index in [9.17, 15) is 0 Å². The van der Waals surface area contributed by atoms with E-state index in [0.717, 1.165) is 99.7 Å². The quantitative estimate of drug-likeness (QED) is 0.0885. The second-order valence-electron chi connectivity index (χ2n) is 23.9. The molecule has 0 aromatic rings. The van der Waals surface area contributed by atoms with Crippen molar-refractivity contribution in [1.82, 2.24) is 0 Å². The zero-order valence-electron chi connectivity index (χ0n) is 42.1. The molecule has 0 saturated heterocycles. The number of hydrogen-bond acceptors (Lipinski definition) is 1. The summed E-state index contributed by atoms with van der Waals surface area (Å²) in [7, 11) is 0. The largest absolute Gasteiger partial charge is 0.298 e. The van der Waals surface area contributed by atoms with Crippen LogP contribution in [-0.2, 0) is 4.79 Å². The molecule has 0 spiro atoms. The SMILES string of the molecule is CC(C)=CCC/C(C)=C/CC/C(C)=C/CC/C(C)=C/C(C(=O)C(/C=C(\C)CC/C=C(\C)CC/C=C(\C)CCC=C(C)C)C12CC3CC(CC(C3)C1)C2)C12CC3CC(CC(C3)C1)C2. The van der Waals surface area contributed by atoms with Crippen molar-refractivity contribution < 1.29 is 4.79 Å². The van der Waals surface area contributed by atoms with E-state index >= 15 is 4.79 Å². The van der Waals surface area contributed by atoms with Gasteiger partial charge < -0.3 is 0 Å². The smallest absolute Gasteiger partial charge is 0.147 e. The number of ketones is 1.